The van der Waals surface area contributed by atoms with Gasteiger partial charge in [0.05, 0.1) is 0 Å². The monoisotopic (exact) mass is 217 g/mol. The summed E-state index contributed by atoms with van der Waals surface area (Å²) in [6, 6.07) is 2.45. The molecular weight excluding hydrogens is 207 g/mol. The van der Waals surface area contributed by atoms with Crippen molar-refractivity contribution >= 4 is 6.29 Å². The van der Waals surface area contributed by atoms with Gasteiger partial charge in [-0.05, 0) is 24.1 Å². The third kappa shape index (κ3) is 3.34. The van der Waals surface area contributed by atoms with Crippen molar-refractivity contribution in [1.82, 2.24) is 4.98 Å². The van der Waals surface area contributed by atoms with Gasteiger partial charge in [0.2, 0.25) is 0 Å². The van der Waals surface area contributed by atoms with Gasteiger partial charge in [-0.15, -0.1) is 0 Å². The van der Waals surface area contributed by atoms with Gasteiger partial charge in [0.1, 0.15) is 12.0 Å². The van der Waals surface area contributed by atoms with E-state index in [2.05, 4.69) is 4.98 Å². The Hall–Kier alpha value is -1.39. The van der Waals surface area contributed by atoms with Crippen molar-refractivity contribution in [1.29, 1.82) is 0 Å². The molecular formula is C10H10F3NO. The zero-order valence-corrected chi connectivity index (χ0v) is 8.08. The molecule has 5 heteroatoms. The Bertz CT molecular complexity index is 349. The van der Waals surface area contributed by atoms with Crippen molar-refractivity contribution in [3.05, 3.63) is 29.6 Å². The van der Waals surface area contributed by atoms with Crippen LogP contribution in [0.25, 0.3) is 0 Å². The molecule has 0 bridgehead atoms. The quantitative estimate of drug-likeness (QED) is 0.728. The lowest BCUT2D eigenvalue weighted by atomic mass is 10.0. The molecule has 0 aliphatic carbocycles. The molecule has 0 saturated carbocycles. The van der Waals surface area contributed by atoms with Gasteiger partial charge in [0, 0.05) is 12.1 Å². The third-order valence-corrected chi connectivity index (χ3v) is 1.90. The number of aromatic nitrogens is 1. The van der Waals surface area contributed by atoms with Crippen LogP contribution in [0.4, 0.5) is 13.2 Å². The van der Waals surface area contributed by atoms with E-state index in [1.54, 1.807) is 6.92 Å². The molecule has 0 radical (unpaired) electrons. The van der Waals surface area contributed by atoms with E-state index in [4.69, 9.17) is 0 Å². The Morgan fingerprint density at radius 3 is 2.73 bits per heavy atom. The first-order valence-corrected chi connectivity index (χ1v) is 4.41. The average molecular weight is 217 g/mol. The number of halogens is 3. The largest absolute Gasteiger partial charge is 0.433 e. The van der Waals surface area contributed by atoms with Crippen molar-refractivity contribution in [3.63, 3.8) is 0 Å². The van der Waals surface area contributed by atoms with E-state index in [9.17, 15) is 18.0 Å². The van der Waals surface area contributed by atoms with Gasteiger partial charge in [-0.1, -0.05) is 6.92 Å². The highest BCUT2D eigenvalue weighted by atomic mass is 19.4. The molecule has 0 aliphatic heterocycles. The maximum atomic E-state index is 12.3. The first kappa shape index (κ1) is 11.7. The van der Waals surface area contributed by atoms with Crippen LogP contribution in [0.2, 0.25) is 0 Å². The third-order valence-electron chi connectivity index (χ3n) is 1.90. The highest BCUT2D eigenvalue weighted by molar-refractivity contribution is 5.53. The van der Waals surface area contributed by atoms with Crippen LogP contribution in [0.15, 0.2) is 18.3 Å². The number of carbonyl (C=O) groups is 1. The van der Waals surface area contributed by atoms with Crippen molar-refractivity contribution in [2.75, 3.05) is 0 Å². The summed E-state index contributed by atoms with van der Waals surface area (Å²) in [6.45, 7) is 1.65. The van der Waals surface area contributed by atoms with E-state index in [0.717, 1.165) is 12.3 Å². The number of aldehydes is 1. The Labute approximate surface area is 85.1 Å². The summed E-state index contributed by atoms with van der Waals surface area (Å²) in [4.78, 5) is 13.6. The van der Waals surface area contributed by atoms with E-state index in [0.29, 0.717) is 18.3 Å². The fourth-order valence-electron chi connectivity index (χ4n) is 1.18. The number of hydrogen-bond acceptors (Lipinski definition) is 2. The van der Waals surface area contributed by atoms with Crippen LogP contribution in [0, 0.1) is 5.92 Å². The maximum Gasteiger partial charge on any atom is 0.433 e. The van der Waals surface area contributed by atoms with Crippen molar-refractivity contribution < 1.29 is 18.0 Å². The molecule has 0 spiro atoms. The van der Waals surface area contributed by atoms with Crippen LogP contribution in [0.5, 0.6) is 0 Å². The molecule has 1 aromatic heterocycles. The lowest BCUT2D eigenvalue weighted by Crippen LogP contribution is -2.09. The highest BCUT2D eigenvalue weighted by Crippen LogP contribution is 2.27. The van der Waals surface area contributed by atoms with Gasteiger partial charge in [-0.2, -0.15) is 13.2 Å². The molecule has 82 valence electrons. The van der Waals surface area contributed by atoms with Gasteiger partial charge in [0.15, 0.2) is 0 Å². The predicted octanol–water partition coefficient (Wildman–Crippen LogP) is 2.48. The van der Waals surface area contributed by atoms with E-state index in [-0.39, 0.29) is 5.92 Å². The first-order valence-electron chi connectivity index (χ1n) is 4.41. The van der Waals surface area contributed by atoms with Gasteiger partial charge < -0.3 is 4.79 Å². The smallest absolute Gasteiger partial charge is 0.303 e. The van der Waals surface area contributed by atoms with E-state index in [1.807, 2.05) is 0 Å². The Morgan fingerprint density at radius 2 is 2.20 bits per heavy atom. The summed E-state index contributed by atoms with van der Waals surface area (Å²) in [5, 5.41) is 0. The molecule has 0 saturated heterocycles. The zero-order chi connectivity index (χ0) is 11.5. The normalized spacial score (nSPS) is 13.6. The van der Waals surface area contributed by atoms with Crippen LogP contribution >= 0.6 is 0 Å². The minimum absolute atomic E-state index is 0.284. The summed E-state index contributed by atoms with van der Waals surface area (Å²) in [5.74, 6) is -0.284. The highest BCUT2D eigenvalue weighted by Gasteiger charge is 2.32. The summed E-state index contributed by atoms with van der Waals surface area (Å²) in [7, 11) is 0. The summed E-state index contributed by atoms with van der Waals surface area (Å²) < 4.78 is 36.8. The van der Waals surface area contributed by atoms with Crippen LogP contribution in [-0.4, -0.2) is 11.3 Å². The predicted molar refractivity (Wildman–Crippen MR) is 48.2 cm³/mol. The number of pyridine rings is 1. The molecule has 1 atom stereocenters. The first-order chi connectivity index (χ1) is 6.93. The average Bonchev–Trinajstić information content (AvgIpc) is 2.17. The molecule has 0 fully saturated rings. The number of rotatable bonds is 3. The van der Waals surface area contributed by atoms with Crippen LogP contribution < -0.4 is 0 Å². The number of hydrogen-bond donors (Lipinski definition) is 0. The standard InChI is InChI=1S/C10H10F3NO/c1-7(6-15)4-8-2-3-14-9(5-8)10(11,12)13/h2-3,5-7H,4H2,1H3/t7-/m1/s1. The summed E-state index contributed by atoms with van der Waals surface area (Å²) >= 11 is 0. The van der Waals surface area contributed by atoms with Crippen LogP contribution in [0.3, 0.4) is 0 Å². The molecule has 0 aromatic carbocycles. The number of carbonyl (C=O) groups excluding carboxylic acids is 1. The minimum atomic E-state index is -4.43. The SMILES string of the molecule is C[C@@H](C=O)Cc1ccnc(C(F)(F)F)c1. The number of alkyl halides is 3. The molecule has 2 nitrogen and oxygen atoms in total. The van der Waals surface area contributed by atoms with Gasteiger partial charge in [-0.3, -0.25) is 4.98 Å². The summed E-state index contributed by atoms with van der Waals surface area (Å²) in [5.41, 5.74) is -0.449. The molecule has 0 amide bonds. The van der Waals surface area contributed by atoms with Crippen molar-refractivity contribution in [2.24, 2.45) is 5.92 Å². The second kappa shape index (κ2) is 4.42. The van der Waals surface area contributed by atoms with Gasteiger partial charge >= 0.3 is 6.18 Å². The topological polar surface area (TPSA) is 30.0 Å². The minimum Gasteiger partial charge on any atom is -0.303 e. The molecule has 1 rings (SSSR count). The number of nitrogens with zero attached hydrogens (tertiary/aromatic N) is 1. The Kier molecular flexibility index (Phi) is 3.44. The Balaban J connectivity index is 2.88. The van der Waals surface area contributed by atoms with Crippen LogP contribution in [0.1, 0.15) is 18.2 Å². The Morgan fingerprint density at radius 1 is 1.53 bits per heavy atom. The lowest BCUT2D eigenvalue weighted by Gasteiger charge is -2.08. The summed E-state index contributed by atoms with van der Waals surface area (Å²) in [6.07, 6.45) is -2.31. The van der Waals surface area contributed by atoms with E-state index >= 15 is 0 Å². The van der Waals surface area contributed by atoms with E-state index < -0.39 is 11.9 Å². The molecule has 0 unspecified atom stereocenters. The van der Waals surface area contributed by atoms with E-state index in [1.165, 1.54) is 6.07 Å². The van der Waals surface area contributed by atoms with Gasteiger partial charge in [-0.25, -0.2) is 0 Å². The molecule has 1 heterocycles. The molecule has 1 aromatic rings. The molecule has 0 aliphatic rings. The maximum absolute atomic E-state index is 12.3. The molecule has 15 heavy (non-hydrogen) atoms. The zero-order valence-electron chi connectivity index (χ0n) is 8.08. The van der Waals surface area contributed by atoms with Gasteiger partial charge in [0.25, 0.3) is 0 Å². The fourth-order valence-corrected chi connectivity index (χ4v) is 1.18. The molecule has 0 N–H and O–H groups in total. The van der Waals surface area contributed by atoms with Crippen molar-refractivity contribution in [2.45, 2.75) is 19.5 Å². The second-order valence-corrected chi connectivity index (χ2v) is 3.36. The van der Waals surface area contributed by atoms with Crippen molar-refractivity contribution in [3.8, 4) is 0 Å². The fraction of sp³-hybridized carbons (Fsp3) is 0.400. The second-order valence-electron chi connectivity index (χ2n) is 3.36. The van der Waals surface area contributed by atoms with Crippen LogP contribution in [-0.2, 0) is 17.4 Å². The lowest BCUT2D eigenvalue weighted by molar-refractivity contribution is -0.141.